The van der Waals surface area contributed by atoms with E-state index in [1.54, 1.807) is 20.1 Å². The van der Waals surface area contributed by atoms with E-state index in [0.717, 1.165) is 16.6 Å². The minimum atomic E-state index is -0.217. The highest BCUT2D eigenvalue weighted by Crippen LogP contribution is 2.18. The highest BCUT2D eigenvalue weighted by Gasteiger charge is 2.10. The molecule has 122 valence electrons. The van der Waals surface area contributed by atoms with Gasteiger partial charge in [0.05, 0.1) is 0 Å². The maximum atomic E-state index is 12.1. The van der Waals surface area contributed by atoms with Gasteiger partial charge in [-0.15, -0.1) is 0 Å². The molecule has 2 N–H and O–H groups in total. The highest BCUT2D eigenvalue weighted by atomic mass is 79.9. The van der Waals surface area contributed by atoms with Gasteiger partial charge in [-0.25, -0.2) is 9.97 Å². The smallest absolute Gasteiger partial charge is 0.270 e. The molecule has 2 aromatic rings. The van der Waals surface area contributed by atoms with E-state index in [4.69, 9.17) is 4.74 Å². The SMILES string of the molecule is COCCCNC(=O)c1cc(Nc2ccc(Br)cc2)nc(C)n1. The Kier molecular flexibility index (Phi) is 6.49. The molecule has 0 fully saturated rings. The molecule has 0 atom stereocenters. The first-order valence-corrected chi connectivity index (χ1v) is 8.03. The molecule has 0 bridgehead atoms. The van der Waals surface area contributed by atoms with E-state index in [1.807, 2.05) is 24.3 Å². The summed E-state index contributed by atoms with van der Waals surface area (Å²) >= 11 is 3.39. The van der Waals surface area contributed by atoms with Crippen LogP contribution < -0.4 is 10.6 Å². The summed E-state index contributed by atoms with van der Waals surface area (Å²) in [4.78, 5) is 20.6. The average Bonchev–Trinajstić information content (AvgIpc) is 2.53. The van der Waals surface area contributed by atoms with Crippen LogP contribution in [-0.4, -0.2) is 36.1 Å². The van der Waals surface area contributed by atoms with Gasteiger partial charge in [0.15, 0.2) is 0 Å². The number of nitrogens with zero attached hydrogens (tertiary/aromatic N) is 2. The Morgan fingerprint density at radius 3 is 2.70 bits per heavy atom. The molecule has 0 aliphatic heterocycles. The van der Waals surface area contributed by atoms with Crippen LogP contribution in [0.5, 0.6) is 0 Å². The first-order valence-electron chi connectivity index (χ1n) is 7.24. The van der Waals surface area contributed by atoms with Crippen molar-refractivity contribution in [2.45, 2.75) is 13.3 Å². The highest BCUT2D eigenvalue weighted by molar-refractivity contribution is 9.10. The second-order valence-electron chi connectivity index (χ2n) is 4.92. The van der Waals surface area contributed by atoms with Crippen LogP contribution in [-0.2, 0) is 4.74 Å². The van der Waals surface area contributed by atoms with Gasteiger partial charge in [-0.05, 0) is 37.6 Å². The number of rotatable bonds is 7. The first kappa shape index (κ1) is 17.4. The number of carbonyl (C=O) groups excluding carboxylic acids is 1. The van der Waals surface area contributed by atoms with Crippen molar-refractivity contribution in [3.05, 3.63) is 46.3 Å². The summed E-state index contributed by atoms with van der Waals surface area (Å²) in [5, 5.41) is 5.99. The van der Waals surface area contributed by atoms with Crippen molar-refractivity contribution in [2.75, 3.05) is 25.6 Å². The van der Waals surface area contributed by atoms with Gasteiger partial charge in [-0.2, -0.15) is 0 Å². The van der Waals surface area contributed by atoms with Crippen LogP contribution in [0.3, 0.4) is 0 Å². The molecule has 1 aromatic carbocycles. The number of benzene rings is 1. The van der Waals surface area contributed by atoms with E-state index in [1.165, 1.54) is 0 Å². The van der Waals surface area contributed by atoms with Crippen molar-refractivity contribution in [1.29, 1.82) is 0 Å². The van der Waals surface area contributed by atoms with Crippen molar-refractivity contribution in [3.63, 3.8) is 0 Å². The minimum Gasteiger partial charge on any atom is -0.385 e. The fraction of sp³-hybridized carbons (Fsp3) is 0.312. The molecular formula is C16H19BrN4O2. The van der Waals surface area contributed by atoms with Gasteiger partial charge in [0.25, 0.3) is 5.91 Å². The molecule has 0 radical (unpaired) electrons. The van der Waals surface area contributed by atoms with E-state index in [9.17, 15) is 4.79 Å². The van der Waals surface area contributed by atoms with E-state index in [2.05, 4.69) is 36.5 Å². The standard InChI is InChI=1S/C16H19BrN4O2/c1-11-19-14(16(22)18-8-3-9-23-2)10-15(20-11)21-13-6-4-12(17)5-7-13/h4-7,10H,3,8-9H2,1-2H3,(H,18,22)(H,19,20,21). The number of amides is 1. The number of halogens is 1. The zero-order valence-corrected chi connectivity index (χ0v) is 14.7. The third-order valence-corrected chi connectivity index (χ3v) is 3.53. The Balaban J connectivity index is 2.05. The van der Waals surface area contributed by atoms with Gasteiger partial charge < -0.3 is 15.4 Å². The van der Waals surface area contributed by atoms with Crippen LogP contribution in [0.25, 0.3) is 0 Å². The Morgan fingerprint density at radius 2 is 2.00 bits per heavy atom. The number of hydrogen-bond acceptors (Lipinski definition) is 5. The van der Waals surface area contributed by atoms with Crippen LogP contribution in [0, 0.1) is 6.92 Å². The topological polar surface area (TPSA) is 76.1 Å². The monoisotopic (exact) mass is 378 g/mol. The van der Waals surface area contributed by atoms with Crippen molar-refractivity contribution >= 4 is 33.3 Å². The summed E-state index contributed by atoms with van der Waals surface area (Å²) in [5.41, 5.74) is 1.23. The van der Waals surface area contributed by atoms with Crippen molar-refractivity contribution in [3.8, 4) is 0 Å². The quantitative estimate of drug-likeness (QED) is 0.724. The van der Waals surface area contributed by atoms with Crippen molar-refractivity contribution < 1.29 is 9.53 Å². The van der Waals surface area contributed by atoms with Gasteiger partial charge in [-0.3, -0.25) is 4.79 Å². The lowest BCUT2D eigenvalue weighted by molar-refractivity contribution is 0.0943. The number of hydrogen-bond donors (Lipinski definition) is 2. The van der Waals surface area contributed by atoms with Crippen LogP contribution in [0.1, 0.15) is 22.7 Å². The Labute approximate surface area is 143 Å². The summed E-state index contributed by atoms with van der Waals surface area (Å²) in [6.45, 7) is 2.92. The van der Waals surface area contributed by atoms with Crippen LogP contribution in [0.4, 0.5) is 11.5 Å². The summed E-state index contributed by atoms with van der Waals surface area (Å²) < 4.78 is 5.95. The van der Waals surface area contributed by atoms with Crippen LogP contribution in [0.15, 0.2) is 34.8 Å². The minimum absolute atomic E-state index is 0.217. The molecule has 7 heteroatoms. The van der Waals surface area contributed by atoms with Crippen LogP contribution in [0.2, 0.25) is 0 Å². The molecule has 0 unspecified atom stereocenters. The third-order valence-electron chi connectivity index (χ3n) is 3.00. The molecule has 0 aliphatic carbocycles. The Bertz CT molecular complexity index is 662. The number of carbonyl (C=O) groups is 1. The number of nitrogens with one attached hydrogen (secondary N) is 2. The number of aryl methyl sites for hydroxylation is 1. The van der Waals surface area contributed by atoms with Gasteiger partial charge in [0.1, 0.15) is 17.3 Å². The normalized spacial score (nSPS) is 10.4. The maximum Gasteiger partial charge on any atom is 0.270 e. The molecule has 6 nitrogen and oxygen atoms in total. The van der Waals surface area contributed by atoms with Gasteiger partial charge in [-0.1, -0.05) is 15.9 Å². The molecule has 0 saturated heterocycles. The summed E-state index contributed by atoms with van der Waals surface area (Å²) in [7, 11) is 1.63. The van der Waals surface area contributed by atoms with Gasteiger partial charge in [0, 0.05) is 36.5 Å². The van der Waals surface area contributed by atoms with Gasteiger partial charge in [0.2, 0.25) is 0 Å². The second kappa shape index (κ2) is 8.59. The fourth-order valence-corrected chi connectivity index (χ4v) is 2.20. The lowest BCUT2D eigenvalue weighted by Gasteiger charge is -2.09. The zero-order chi connectivity index (χ0) is 16.7. The molecule has 1 heterocycles. The third kappa shape index (κ3) is 5.61. The summed E-state index contributed by atoms with van der Waals surface area (Å²) in [5.74, 6) is 0.904. The number of methoxy groups -OCH3 is 1. The molecule has 1 amide bonds. The molecule has 0 aliphatic rings. The maximum absolute atomic E-state index is 12.1. The van der Waals surface area contributed by atoms with Gasteiger partial charge >= 0.3 is 0 Å². The fourth-order valence-electron chi connectivity index (χ4n) is 1.94. The molecular weight excluding hydrogens is 360 g/mol. The summed E-state index contributed by atoms with van der Waals surface area (Å²) in [6.07, 6.45) is 0.760. The predicted octanol–water partition coefficient (Wildman–Crippen LogP) is 3.06. The lowest BCUT2D eigenvalue weighted by Crippen LogP contribution is -2.26. The Hall–Kier alpha value is -1.99. The predicted molar refractivity (Wildman–Crippen MR) is 93.0 cm³/mol. The largest absolute Gasteiger partial charge is 0.385 e. The molecule has 0 saturated carbocycles. The number of aromatic nitrogens is 2. The van der Waals surface area contributed by atoms with E-state index in [-0.39, 0.29) is 5.91 Å². The average molecular weight is 379 g/mol. The molecule has 1 aromatic heterocycles. The first-order chi connectivity index (χ1) is 11.1. The lowest BCUT2D eigenvalue weighted by atomic mass is 10.3. The van der Waals surface area contributed by atoms with E-state index < -0.39 is 0 Å². The zero-order valence-electron chi connectivity index (χ0n) is 13.1. The molecule has 23 heavy (non-hydrogen) atoms. The van der Waals surface area contributed by atoms with E-state index in [0.29, 0.717) is 30.5 Å². The summed E-state index contributed by atoms with van der Waals surface area (Å²) in [6, 6.07) is 9.35. The Morgan fingerprint density at radius 1 is 1.26 bits per heavy atom. The van der Waals surface area contributed by atoms with Crippen LogP contribution >= 0.6 is 15.9 Å². The van der Waals surface area contributed by atoms with E-state index >= 15 is 0 Å². The molecule has 2 rings (SSSR count). The second-order valence-corrected chi connectivity index (χ2v) is 5.84. The number of anilines is 2. The van der Waals surface area contributed by atoms with Crippen molar-refractivity contribution in [1.82, 2.24) is 15.3 Å². The number of ether oxygens (including phenoxy) is 1. The molecule has 0 spiro atoms. The van der Waals surface area contributed by atoms with Crippen molar-refractivity contribution in [2.24, 2.45) is 0 Å².